The van der Waals surface area contributed by atoms with Gasteiger partial charge in [-0.2, -0.15) is 0 Å². The summed E-state index contributed by atoms with van der Waals surface area (Å²) in [6.45, 7) is 8.70. The van der Waals surface area contributed by atoms with Crippen molar-refractivity contribution in [1.29, 1.82) is 0 Å². The molecular formula is C12H23NO2. The molecule has 0 aliphatic carbocycles. The number of rotatable bonds is 6. The second-order valence-electron chi connectivity index (χ2n) is 4.59. The van der Waals surface area contributed by atoms with E-state index in [-0.39, 0.29) is 5.78 Å². The van der Waals surface area contributed by atoms with Gasteiger partial charge >= 0.3 is 0 Å². The zero-order valence-corrected chi connectivity index (χ0v) is 10.00. The van der Waals surface area contributed by atoms with Crippen LogP contribution < -0.4 is 0 Å². The number of ether oxygens (including phenoxy) is 1. The number of carbonyl (C=O) groups is 1. The van der Waals surface area contributed by atoms with E-state index in [2.05, 4.69) is 11.8 Å². The van der Waals surface area contributed by atoms with Gasteiger partial charge in [0.2, 0.25) is 0 Å². The number of hydrogen-bond acceptors (Lipinski definition) is 3. The predicted octanol–water partition coefficient (Wildman–Crippen LogP) is 1.71. The minimum atomic E-state index is 0.210. The Kier molecular flexibility index (Phi) is 5.88. The molecule has 0 aromatic carbocycles. The number of Topliss-reactive ketones (excluding diaryl/α,β-unsaturated/α-hetero) is 1. The Bertz CT molecular complexity index is 186. The molecule has 0 spiro atoms. The van der Waals surface area contributed by atoms with Gasteiger partial charge in [-0.25, -0.2) is 0 Å². The summed E-state index contributed by atoms with van der Waals surface area (Å²) in [6.07, 6.45) is 3.18. The van der Waals surface area contributed by atoms with Crippen molar-refractivity contribution in [2.75, 3.05) is 32.8 Å². The molecule has 0 saturated carbocycles. The van der Waals surface area contributed by atoms with Crippen molar-refractivity contribution in [1.82, 2.24) is 4.90 Å². The molecule has 1 rings (SSSR count). The van der Waals surface area contributed by atoms with Crippen molar-refractivity contribution >= 4 is 5.78 Å². The average molecular weight is 213 g/mol. The van der Waals surface area contributed by atoms with Crippen molar-refractivity contribution in [3.8, 4) is 0 Å². The maximum absolute atomic E-state index is 10.7. The molecule has 0 amide bonds. The largest absolute Gasteiger partial charge is 0.380 e. The van der Waals surface area contributed by atoms with Crippen LogP contribution >= 0.6 is 0 Å². The number of ketones is 1. The SMILES string of the molecule is CC(=O)CCOCCN1CCC(C)CC1. The summed E-state index contributed by atoms with van der Waals surface area (Å²) < 4.78 is 5.41. The first-order valence-corrected chi connectivity index (χ1v) is 5.98. The third kappa shape index (κ3) is 5.90. The van der Waals surface area contributed by atoms with Gasteiger partial charge in [-0.1, -0.05) is 6.92 Å². The van der Waals surface area contributed by atoms with E-state index in [1.807, 2.05) is 0 Å². The third-order valence-electron chi connectivity index (χ3n) is 3.03. The summed E-state index contributed by atoms with van der Waals surface area (Å²) in [5, 5.41) is 0. The van der Waals surface area contributed by atoms with E-state index < -0.39 is 0 Å². The molecule has 88 valence electrons. The van der Waals surface area contributed by atoms with Gasteiger partial charge < -0.3 is 9.64 Å². The standard InChI is InChI=1S/C12H23NO2/c1-11-3-6-13(7-4-11)8-10-15-9-5-12(2)14/h11H,3-10H2,1-2H3. The van der Waals surface area contributed by atoms with E-state index in [0.717, 1.165) is 19.1 Å². The lowest BCUT2D eigenvalue weighted by Gasteiger charge is -2.29. The summed E-state index contributed by atoms with van der Waals surface area (Å²) >= 11 is 0. The zero-order chi connectivity index (χ0) is 11.1. The molecule has 1 aliphatic heterocycles. The van der Waals surface area contributed by atoms with E-state index in [4.69, 9.17) is 4.74 Å². The molecule has 0 atom stereocenters. The lowest BCUT2D eigenvalue weighted by molar-refractivity contribution is -0.118. The van der Waals surface area contributed by atoms with Crippen LogP contribution in [0.5, 0.6) is 0 Å². The van der Waals surface area contributed by atoms with Crippen molar-refractivity contribution in [3.63, 3.8) is 0 Å². The third-order valence-corrected chi connectivity index (χ3v) is 3.03. The number of nitrogens with zero attached hydrogens (tertiary/aromatic N) is 1. The van der Waals surface area contributed by atoms with Crippen molar-refractivity contribution in [3.05, 3.63) is 0 Å². The molecule has 1 saturated heterocycles. The highest BCUT2D eigenvalue weighted by molar-refractivity contribution is 5.75. The van der Waals surface area contributed by atoms with Crippen LogP contribution in [0.3, 0.4) is 0 Å². The highest BCUT2D eigenvalue weighted by Crippen LogP contribution is 2.15. The summed E-state index contributed by atoms with van der Waals surface area (Å²) in [6, 6.07) is 0. The maximum atomic E-state index is 10.7. The normalized spacial score (nSPS) is 19.3. The Hall–Kier alpha value is -0.410. The Morgan fingerprint density at radius 1 is 1.33 bits per heavy atom. The fourth-order valence-electron chi connectivity index (χ4n) is 1.80. The maximum Gasteiger partial charge on any atom is 0.132 e. The fraction of sp³-hybridized carbons (Fsp3) is 0.917. The number of carbonyl (C=O) groups excluding carboxylic acids is 1. The molecule has 15 heavy (non-hydrogen) atoms. The van der Waals surface area contributed by atoms with E-state index in [9.17, 15) is 4.79 Å². The van der Waals surface area contributed by atoms with Crippen LogP contribution in [0.4, 0.5) is 0 Å². The molecule has 0 radical (unpaired) electrons. The molecule has 1 fully saturated rings. The first kappa shape index (κ1) is 12.7. The quantitative estimate of drug-likeness (QED) is 0.629. The van der Waals surface area contributed by atoms with Crippen molar-refractivity contribution in [2.45, 2.75) is 33.1 Å². The molecule has 1 aliphatic rings. The monoisotopic (exact) mass is 213 g/mol. The van der Waals surface area contributed by atoms with Gasteiger partial charge in [0.05, 0.1) is 13.2 Å². The van der Waals surface area contributed by atoms with Gasteiger partial charge in [-0.05, 0) is 38.8 Å². The Labute approximate surface area is 92.8 Å². The topological polar surface area (TPSA) is 29.5 Å². The van der Waals surface area contributed by atoms with Gasteiger partial charge in [-0.3, -0.25) is 4.79 Å². The molecule has 3 nitrogen and oxygen atoms in total. The van der Waals surface area contributed by atoms with Gasteiger partial charge in [-0.15, -0.1) is 0 Å². The number of hydrogen-bond donors (Lipinski definition) is 0. The Balaban J connectivity index is 1.94. The Morgan fingerprint density at radius 2 is 2.00 bits per heavy atom. The van der Waals surface area contributed by atoms with Crippen LogP contribution in [-0.4, -0.2) is 43.5 Å². The van der Waals surface area contributed by atoms with Crippen LogP contribution in [-0.2, 0) is 9.53 Å². The van der Waals surface area contributed by atoms with Gasteiger partial charge in [0.15, 0.2) is 0 Å². The molecule has 0 bridgehead atoms. The second-order valence-corrected chi connectivity index (χ2v) is 4.59. The van der Waals surface area contributed by atoms with Crippen molar-refractivity contribution in [2.24, 2.45) is 5.92 Å². The number of piperidine rings is 1. The smallest absolute Gasteiger partial charge is 0.132 e. The van der Waals surface area contributed by atoms with Gasteiger partial charge in [0, 0.05) is 13.0 Å². The van der Waals surface area contributed by atoms with Crippen molar-refractivity contribution < 1.29 is 9.53 Å². The molecular weight excluding hydrogens is 190 g/mol. The van der Waals surface area contributed by atoms with Gasteiger partial charge in [0.1, 0.15) is 5.78 Å². The van der Waals surface area contributed by atoms with E-state index in [1.165, 1.54) is 25.9 Å². The van der Waals surface area contributed by atoms with E-state index in [1.54, 1.807) is 6.92 Å². The van der Waals surface area contributed by atoms with Gasteiger partial charge in [0.25, 0.3) is 0 Å². The van der Waals surface area contributed by atoms with Crippen LogP contribution in [0.1, 0.15) is 33.1 Å². The average Bonchev–Trinajstić information content (AvgIpc) is 2.20. The fourth-order valence-corrected chi connectivity index (χ4v) is 1.80. The lowest BCUT2D eigenvalue weighted by Crippen LogP contribution is -2.35. The molecule has 0 aromatic rings. The van der Waals surface area contributed by atoms with Crippen LogP contribution in [0.25, 0.3) is 0 Å². The highest BCUT2D eigenvalue weighted by atomic mass is 16.5. The lowest BCUT2D eigenvalue weighted by atomic mass is 9.99. The van der Waals surface area contributed by atoms with E-state index in [0.29, 0.717) is 13.0 Å². The van der Waals surface area contributed by atoms with E-state index >= 15 is 0 Å². The van der Waals surface area contributed by atoms with Crippen LogP contribution in [0.2, 0.25) is 0 Å². The first-order chi connectivity index (χ1) is 7.18. The first-order valence-electron chi connectivity index (χ1n) is 5.98. The summed E-state index contributed by atoms with van der Waals surface area (Å²) in [5.41, 5.74) is 0. The number of likely N-dealkylation sites (tertiary alicyclic amines) is 1. The molecule has 0 unspecified atom stereocenters. The van der Waals surface area contributed by atoms with Crippen LogP contribution in [0, 0.1) is 5.92 Å². The second kappa shape index (κ2) is 6.96. The minimum absolute atomic E-state index is 0.210. The van der Waals surface area contributed by atoms with Crippen LogP contribution in [0.15, 0.2) is 0 Å². The minimum Gasteiger partial charge on any atom is -0.380 e. The molecule has 0 N–H and O–H groups in total. The Morgan fingerprint density at radius 3 is 2.60 bits per heavy atom. The molecule has 0 aromatic heterocycles. The highest BCUT2D eigenvalue weighted by Gasteiger charge is 2.14. The zero-order valence-electron chi connectivity index (χ0n) is 10.00. The summed E-state index contributed by atoms with van der Waals surface area (Å²) in [4.78, 5) is 13.1. The molecule has 3 heteroatoms. The predicted molar refractivity (Wildman–Crippen MR) is 61.0 cm³/mol. The summed E-state index contributed by atoms with van der Waals surface area (Å²) in [7, 11) is 0. The summed E-state index contributed by atoms with van der Waals surface area (Å²) in [5.74, 6) is 1.10. The molecule has 1 heterocycles.